The van der Waals surface area contributed by atoms with E-state index in [1.165, 1.54) is 0 Å². The maximum atomic E-state index is 9.25. The fourth-order valence-electron chi connectivity index (χ4n) is 0.735. The topological polar surface area (TPSA) is 44.3 Å². The Morgan fingerprint density at radius 1 is 1.45 bits per heavy atom. The molecule has 11 heavy (non-hydrogen) atoms. The highest BCUT2D eigenvalue weighted by molar-refractivity contribution is 4.71. The lowest BCUT2D eigenvalue weighted by atomic mass is 10.3. The van der Waals surface area contributed by atoms with E-state index in [1.54, 1.807) is 6.08 Å². The number of hydrogen-bond acceptors (Lipinski definition) is 3. The fraction of sp³-hybridized carbons (Fsp3) is 0.750. The molecule has 0 rings (SSSR count). The van der Waals surface area contributed by atoms with Crippen molar-refractivity contribution in [3.05, 3.63) is 12.7 Å². The van der Waals surface area contributed by atoms with Gasteiger partial charge in [0.15, 0.2) is 0 Å². The standard InChI is InChI=1S/C8H18N2O/c1-3-5-10-7-8(11)6-9-4-2/h3,8-11H,1,4-7H2,2H3. The van der Waals surface area contributed by atoms with Gasteiger partial charge in [-0.1, -0.05) is 13.0 Å². The normalized spacial score (nSPS) is 12.9. The SMILES string of the molecule is C=CCNCC(O)CNCC. The Bertz CT molecular complexity index is 96.1. The smallest absolute Gasteiger partial charge is 0.0788 e. The molecule has 0 bridgehead atoms. The molecule has 0 aromatic carbocycles. The van der Waals surface area contributed by atoms with Gasteiger partial charge < -0.3 is 15.7 Å². The van der Waals surface area contributed by atoms with Gasteiger partial charge in [0.2, 0.25) is 0 Å². The van der Waals surface area contributed by atoms with Crippen LogP contribution in [0.3, 0.4) is 0 Å². The quantitative estimate of drug-likeness (QED) is 0.353. The van der Waals surface area contributed by atoms with Crippen LogP contribution in [0.4, 0.5) is 0 Å². The minimum atomic E-state index is -0.296. The molecule has 0 aromatic rings. The molecule has 1 unspecified atom stereocenters. The third-order valence-electron chi connectivity index (χ3n) is 1.30. The molecule has 0 aliphatic heterocycles. The second-order valence-corrected chi connectivity index (χ2v) is 2.41. The molecule has 0 heterocycles. The van der Waals surface area contributed by atoms with Crippen LogP contribution in [-0.4, -0.2) is 37.4 Å². The number of rotatable bonds is 7. The average Bonchev–Trinajstić information content (AvgIpc) is 2.01. The monoisotopic (exact) mass is 158 g/mol. The van der Waals surface area contributed by atoms with Gasteiger partial charge in [0, 0.05) is 19.6 Å². The Kier molecular flexibility index (Phi) is 7.46. The van der Waals surface area contributed by atoms with Gasteiger partial charge in [0.1, 0.15) is 0 Å². The van der Waals surface area contributed by atoms with Crippen LogP contribution in [0.5, 0.6) is 0 Å². The highest BCUT2D eigenvalue weighted by Gasteiger charge is 1.99. The zero-order valence-electron chi connectivity index (χ0n) is 7.14. The Morgan fingerprint density at radius 3 is 2.64 bits per heavy atom. The highest BCUT2D eigenvalue weighted by Crippen LogP contribution is 1.76. The molecule has 0 aliphatic rings. The van der Waals surface area contributed by atoms with Crippen molar-refractivity contribution in [2.45, 2.75) is 13.0 Å². The molecule has 66 valence electrons. The number of aliphatic hydroxyl groups is 1. The Balaban J connectivity index is 3.08. The maximum absolute atomic E-state index is 9.25. The van der Waals surface area contributed by atoms with Crippen molar-refractivity contribution < 1.29 is 5.11 Å². The first-order chi connectivity index (χ1) is 5.31. The van der Waals surface area contributed by atoms with Gasteiger partial charge in [-0.15, -0.1) is 6.58 Å². The van der Waals surface area contributed by atoms with E-state index in [2.05, 4.69) is 17.2 Å². The Morgan fingerprint density at radius 2 is 2.09 bits per heavy atom. The lowest BCUT2D eigenvalue weighted by Gasteiger charge is -2.10. The van der Waals surface area contributed by atoms with Crippen molar-refractivity contribution in [3.63, 3.8) is 0 Å². The van der Waals surface area contributed by atoms with Crippen molar-refractivity contribution in [2.24, 2.45) is 0 Å². The molecule has 3 nitrogen and oxygen atoms in total. The van der Waals surface area contributed by atoms with Crippen molar-refractivity contribution in [1.29, 1.82) is 0 Å². The predicted octanol–water partition coefficient (Wildman–Crippen LogP) is -0.268. The molecule has 0 aromatic heterocycles. The summed E-state index contributed by atoms with van der Waals surface area (Å²) in [6.07, 6.45) is 1.48. The molecule has 0 amide bonds. The van der Waals surface area contributed by atoms with Crippen molar-refractivity contribution in [2.75, 3.05) is 26.2 Å². The van der Waals surface area contributed by atoms with Crippen LogP contribution in [0.15, 0.2) is 12.7 Å². The summed E-state index contributed by atoms with van der Waals surface area (Å²) in [5.41, 5.74) is 0. The molecule has 0 spiro atoms. The number of hydrogen-bond donors (Lipinski definition) is 3. The van der Waals surface area contributed by atoms with Crippen LogP contribution in [0.2, 0.25) is 0 Å². The second-order valence-electron chi connectivity index (χ2n) is 2.41. The van der Waals surface area contributed by atoms with Gasteiger partial charge in [0.25, 0.3) is 0 Å². The Hall–Kier alpha value is -0.380. The summed E-state index contributed by atoms with van der Waals surface area (Å²) in [5.74, 6) is 0. The van der Waals surface area contributed by atoms with Gasteiger partial charge in [-0.05, 0) is 6.54 Å². The number of likely N-dealkylation sites (N-methyl/N-ethyl adjacent to an activating group) is 1. The minimum absolute atomic E-state index is 0.296. The van der Waals surface area contributed by atoms with E-state index in [0.29, 0.717) is 13.1 Å². The van der Waals surface area contributed by atoms with Crippen molar-refractivity contribution in [1.82, 2.24) is 10.6 Å². The van der Waals surface area contributed by atoms with Crippen LogP contribution in [0, 0.1) is 0 Å². The van der Waals surface area contributed by atoms with Crippen molar-refractivity contribution in [3.8, 4) is 0 Å². The van der Waals surface area contributed by atoms with Crippen LogP contribution >= 0.6 is 0 Å². The molecular formula is C8H18N2O. The number of aliphatic hydroxyl groups excluding tert-OH is 1. The molecule has 1 atom stereocenters. The van der Waals surface area contributed by atoms with Crippen LogP contribution in [-0.2, 0) is 0 Å². The molecule has 3 N–H and O–H groups in total. The molecule has 0 aliphatic carbocycles. The van der Waals surface area contributed by atoms with Gasteiger partial charge in [-0.3, -0.25) is 0 Å². The summed E-state index contributed by atoms with van der Waals surface area (Å²) in [5, 5.41) is 15.3. The van der Waals surface area contributed by atoms with E-state index in [0.717, 1.165) is 13.1 Å². The largest absolute Gasteiger partial charge is 0.390 e. The minimum Gasteiger partial charge on any atom is -0.390 e. The summed E-state index contributed by atoms with van der Waals surface area (Å²) < 4.78 is 0. The van der Waals surface area contributed by atoms with E-state index in [9.17, 15) is 5.11 Å². The van der Waals surface area contributed by atoms with Gasteiger partial charge in [0.05, 0.1) is 6.10 Å². The van der Waals surface area contributed by atoms with Gasteiger partial charge in [-0.25, -0.2) is 0 Å². The van der Waals surface area contributed by atoms with Crippen LogP contribution < -0.4 is 10.6 Å². The lowest BCUT2D eigenvalue weighted by Crippen LogP contribution is -2.35. The molecule has 0 fully saturated rings. The fourth-order valence-corrected chi connectivity index (χ4v) is 0.735. The first kappa shape index (κ1) is 10.6. The molecule has 0 saturated heterocycles. The summed E-state index contributed by atoms with van der Waals surface area (Å²) in [7, 11) is 0. The zero-order chi connectivity index (χ0) is 8.53. The first-order valence-corrected chi connectivity index (χ1v) is 4.01. The lowest BCUT2D eigenvalue weighted by molar-refractivity contribution is 0.171. The number of nitrogens with one attached hydrogen (secondary N) is 2. The summed E-state index contributed by atoms with van der Waals surface area (Å²) in [6, 6.07) is 0. The Labute approximate surface area is 68.5 Å². The predicted molar refractivity (Wildman–Crippen MR) is 47.6 cm³/mol. The summed E-state index contributed by atoms with van der Waals surface area (Å²) in [4.78, 5) is 0. The molecule has 0 radical (unpaired) electrons. The van der Waals surface area contributed by atoms with E-state index >= 15 is 0 Å². The molecule has 3 heteroatoms. The summed E-state index contributed by atoms with van der Waals surface area (Å²) >= 11 is 0. The van der Waals surface area contributed by atoms with E-state index in [1.807, 2.05) is 6.92 Å². The van der Waals surface area contributed by atoms with Crippen LogP contribution in [0.1, 0.15) is 6.92 Å². The van der Waals surface area contributed by atoms with E-state index in [4.69, 9.17) is 0 Å². The second kappa shape index (κ2) is 7.72. The summed E-state index contributed by atoms with van der Waals surface area (Å²) in [6.45, 7) is 8.51. The third kappa shape index (κ3) is 7.52. The van der Waals surface area contributed by atoms with Gasteiger partial charge >= 0.3 is 0 Å². The molecular weight excluding hydrogens is 140 g/mol. The van der Waals surface area contributed by atoms with E-state index in [-0.39, 0.29) is 6.10 Å². The van der Waals surface area contributed by atoms with E-state index < -0.39 is 0 Å². The highest BCUT2D eigenvalue weighted by atomic mass is 16.3. The third-order valence-corrected chi connectivity index (χ3v) is 1.30. The van der Waals surface area contributed by atoms with Crippen molar-refractivity contribution >= 4 is 0 Å². The van der Waals surface area contributed by atoms with Crippen LogP contribution in [0.25, 0.3) is 0 Å². The zero-order valence-corrected chi connectivity index (χ0v) is 7.14. The van der Waals surface area contributed by atoms with Gasteiger partial charge in [-0.2, -0.15) is 0 Å². The molecule has 0 saturated carbocycles. The first-order valence-electron chi connectivity index (χ1n) is 4.01. The maximum Gasteiger partial charge on any atom is 0.0788 e. The average molecular weight is 158 g/mol.